The van der Waals surface area contributed by atoms with Crippen molar-refractivity contribution in [2.45, 2.75) is 13.8 Å². The van der Waals surface area contributed by atoms with Gasteiger partial charge in [0.1, 0.15) is 11.5 Å². The van der Waals surface area contributed by atoms with E-state index in [9.17, 15) is 9.90 Å². The minimum absolute atomic E-state index is 0.110. The number of amides is 1. The second-order valence-corrected chi connectivity index (χ2v) is 6.84. The summed E-state index contributed by atoms with van der Waals surface area (Å²) in [6.07, 6.45) is 0. The van der Waals surface area contributed by atoms with Gasteiger partial charge in [-0.15, -0.1) is 0 Å². The molecule has 2 N–H and O–H groups in total. The van der Waals surface area contributed by atoms with Crippen molar-refractivity contribution in [2.24, 2.45) is 5.10 Å². The highest BCUT2D eigenvalue weighted by Crippen LogP contribution is 2.32. The van der Waals surface area contributed by atoms with Crippen molar-refractivity contribution in [3.8, 4) is 11.5 Å². The molecular formula is C17H16Br2N2O3. The number of ether oxygens (including phenoxy) is 1. The maximum absolute atomic E-state index is 11.9. The lowest BCUT2D eigenvalue weighted by molar-refractivity contribution is -0.123. The summed E-state index contributed by atoms with van der Waals surface area (Å²) in [7, 11) is 0. The van der Waals surface area contributed by atoms with Crippen molar-refractivity contribution in [3.05, 3.63) is 56.5 Å². The van der Waals surface area contributed by atoms with Crippen LogP contribution in [0.4, 0.5) is 0 Å². The SMILES string of the molecule is C/C(=N\NC(=O)COc1c(C)cc(Br)cc1Br)c1ccccc1O. The first kappa shape index (κ1) is 18.5. The van der Waals surface area contributed by atoms with Crippen molar-refractivity contribution in [1.29, 1.82) is 0 Å². The number of hydrogen-bond acceptors (Lipinski definition) is 4. The van der Waals surface area contributed by atoms with E-state index in [4.69, 9.17) is 4.74 Å². The number of nitrogens with zero attached hydrogens (tertiary/aromatic N) is 1. The maximum Gasteiger partial charge on any atom is 0.277 e. The summed E-state index contributed by atoms with van der Waals surface area (Å²) in [4.78, 5) is 11.9. The predicted molar refractivity (Wildman–Crippen MR) is 101 cm³/mol. The number of carbonyl (C=O) groups is 1. The molecule has 0 aliphatic heterocycles. The van der Waals surface area contributed by atoms with Crippen LogP contribution in [0.5, 0.6) is 11.5 Å². The number of phenolic OH excluding ortho intramolecular Hbond substituents is 1. The van der Waals surface area contributed by atoms with Gasteiger partial charge in [0.2, 0.25) is 0 Å². The third kappa shape index (κ3) is 4.82. The van der Waals surface area contributed by atoms with Crippen LogP contribution in [-0.4, -0.2) is 23.3 Å². The molecule has 2 aromatic rings. The quantitative estimate of drug-likeness (QED) is 0.525. The molecule has 2 rings (SSSR count). The second-order valence-electron chi connectivity index (χ2n) is 5.07. The van der Waals surface area contributed by atoms with Crippen molar-refractivity contribution in [3.63, 3.8) is 0 Å². The molecule has 0 atom stereocenters. The van der Waals surface area contributed by atoms with Crippen molar-refractivity contribution in [1.82, 2.24) is 5.43 Å². The Morgan fingerprint density at radius 1 is 1.29 bits per heavy atom. The van der Waals surface area contributed by atoms with Crippen LogP contribution >= 0.6 is 31.9 Å². The molecule has 0 unspecified atom stereocenters. The summed E-state index contributed by atoms with van der Waals surface area (Å²) in [5, 5.41) is 13.7. The van der Waals surface area contributed by atoms with Crippen LogP contribution in [0, 0.1) is 6.92 Å². The molecule has 0 heterocycles. The first-order valence-electron chi connectivity index (χ1n) is 7.08. The normalized spacial score (nSPS) is 11.2. The Balaban J connectivity index is 1.97. The summed E-state index contributed by atoms with van der Waals surface area (Å²) in [5.41, 5.74) is 4.38. The standard InChI is InChI=1S/C17H16Br2N2O3/c1-10-7-12(18)8-14(19)17(10)24-9-16(23)21-20-11(2)13-5-3-4-6-15(13)22/h3-8,22H,9H2,1-2H3,(H,21,23)/b20-11+. The van der Waals surface area contributed by atoms with Gasteiger partial charge in [-0.2, -0.15) is 5.10 Å². The number of nitrogens with one attached hydrogen (secondary N) is 1. The van der Waals surface area contributed by atoms with Crippen LogP contribution in [0.15, 0.2) is 50.4 Å². The van der Waals surface area contributed by atoms with E-state index in [1.54, 1.807) is 31.2 Å². The molecule has 0 bridgehead atoms. The smallest absolute Gasteiger partial charge is 0.277 e. The Morgan fingerprint density at radius 2 is 2.00 bits per heavy atom. The zero-order chi connectivity index (χ0) is 17.7. The number of aryl methyl sites for hydroxylation is 1. The number of rotatable bonds is 5. The average Bonchev–Trinajstić information content (AvgIpc) is 2.52. The summed E-state index contributed by atoms with van der Waals surface area (Å²) >= 11 is 6.80. The van der Waals surface area contributed by atoms with Gasteiger partial charge >= 0.3 is 0 Å². The van der Waals surface area contributed by atoms with Gasteiger partial charge < -0.3 is 9.84 Å². The Bertz CT molecular complexity index is 768. The number of phenols is 1. The van der Waals surface area contributed by atoms with Crippen LogP contribution in [0.3, 0.4) is 0 Å². The number of halogens is 2. The van der Waals surface area contributed by atoms with Gasteiger partial charge in [-0.05, 0) is 59.6 Å². The molecule has 0 aliphatic carbocycles. The van der Waals surface area contributed by atoms with Crippen molar-refractivity contribution < 1.29 is 14.6 Å². The van der Waals surface area contributed by atoms with Crippen molar-refractivity contribution >= 4 is 43.5 Å². The lowest BCUT2D eigenvalue weighted by Crippen LogP contribution is -2.25. The Kier molecular flexibility index (Phi) is 6.39. The first-order valence-corrected chi connectivity index (χ1v) is 8.67. The highest BCUT2D eigenvalue weighted by Gasteiger charge is 2.10. The fourth-order valence-corrected chi connectivity index (χ4v) is 3.58. The Hall–Kier alpha value is -1.86. The summed E-state index contributed by atoms with van der Waals surface area (Å²) in [6.45, 7) is 3.42. The van der Waals surface area contributed by atoms with Gasteiger partial charge in [-0.25, -0.2) is 5.43 Å². The van der Waals surface area contributed by atoms with E-state index in [-0.39, 0.29) is 18.3 Å². The molecule has 0 spiro atoms. The third-order valence-electron chi connectivity index (χ3n) is 3.18. The highest BCUT2D eigenvalue weighted by atomic mass is 79.9. The fourth-order valence-electron chi connectivity index (χ4n) is 2.03. The summed E-state index contributed by atoms with van der Waals surface area (Å²) in [6, 6.07) is 10.5. The lowest BCUT2D eigenvalue weighted by Gasteiger charge is -2.11. The zero-order valence-electron chi connectivity index (χ0n) is 13.1. The number of para-hydroxylation sites is 1. The minimum Gasteiger partial charge on any atom is -0.507 e. The van der Waals surface area contributed by atoms with Gasteiger partial charge in [-0.3, -0.25) is 4.79 Å². The number of benzene rings is 2. The maximum atomic E-state index is 11.9. The van der Waals surface area contributed by atoms with Crippen LogP contribution in [0.25, 0.3) is 0 Å². The zero-order valence-corrected chi connectivity index (χ0v) is 16.3. The van der Waals surface area contributed by atoms with Gasteiger partial charge in [0.25, 0.3) is 5.91 Å². The van der Waals surface area contributed by atoms with E-state index >= 15 is 0 Å². The van der Waals surface area contributed by atoms with E-state index in [2.05, 4.69) is 42.4 Å². The molecule has 0 saturated heterocycles. The molecular weight excluding hydrogens is 440 g/mol. The molecule has 2 aromatic carbocycles. The van der Waals surface area contributed by atoms with E-state index in [0.29, 0.717) is 17.0 Å². The number of carbonyl (C=O) groups excluding carboxylic acids is 1. The van der Waals surface area contributed by atoms with Crippen molar-refractivity contribution in [2.75, 3.05) is 6.61 Å². The molecule has 126 valence electrons. The van der Waals surface area contributed by atoms with Crippen LogP contribution < -0.4 is 10.2 Å². The molecule has 5 nitrogen and oxygen atoms in total. The topological polar surface area (TPSA) is 70.9 Å². The van der Waals surface area contributed by atoms with Gasteiger partial charge in [0.15, 0.2) is 6.61 Å². The number of hydrogen-bond donors (Lipinski definition) is 2. The number of aromatic hydroxyl groups is 1. The van der Waals surface area contributed by atoms with E-state index in [0.717, 1.165) is 14.5 Å². The lowest BCUT2D eigenvalue weighted by atomic mass is 10.1. The monoisotopic (exact) mass is 454 g/mol. The average molecular weight is 456 g/mol. The Labute approximate surface area is 157 Å². The van der Waals surface area contributed by atoms with E-state index in [1.165, 1.54) is 0 Å². The molecule has 0 saturated carbocycles. The van der Waals surface area contributed by atoms with Crippen LogP contribution in [0.1, 0.15) is 18.1 Å². The first-order chi connectivity index (χ1) is 11.4. The molecule has 7 heteroatoms. The highest BCUT2D eigenvalue weighted by molar-refractivity contribution is 9.11. The molecule has 0 fully saturated rings. The predicted octanol–water partition coefficient (Wildman–Crippen LogP) is 4.14. The van der Waals surface area contributed by atoms with Gasteiger partial charge in [0, 0.05) is 10.0 Å². The van der Waals surface area contributed by atoms with E-state index in [1.807, 2.05) is 19.1 Å². The molecule has 0 aliphatic rings. The molecule has 1 amide bonds. The summed E-state index contributed by atoms with van der Waals surface area (Å²) in [5.74, 6) is 0.326. The number of hydrazone groups is 1. The second kappa shape index (κ2) is 8.30. The summed E-state index contributed by atoms with van der Waals surface area (Å²) < 4.78 is 7.23. The molecule has 0 radical (unpaired) electrons. The van der Waals surface area contributed by atoms with E-state index < -0.39 is 0 Å². The minimum atomic E-state index is -0.390. The fraction of sp³-hybridized carbons (Fsp3) is 0.176. The Morgan fingerprint density at radius 3 is 2.67 bits per heavy atom. The largest absolute Gasteiger partial charge is 0.507 e. The third-order valence-corrected chi connectivity index (χ3v) is 4.23. The van der Waals surface area contributed by atoms with Crippen LogP contribution in [-0.2, 0) is 4.79 Å². The van der Waals surface area contributed by atoms with Gasteiger partial charge in [0.05, 0.1) is 10.2 Å². The molecule has 24 heavy (non-hydrogen) atoms. The van der Waals surface area contributed by atoms with Crippen LogP contribution in [0.2, 0.25) is 0 Å². The molecule has 0 aromatic heterocycles. The van der Waals surface area contributed by atoms with Gasteiger partial charge in [-0.1, -0.05) is 28.1 Å².